The van der Waals surface area contributed by atoms with E-state index in [1.165, 1.54) is 32.3 Å². The molecule has 0 bridgehead atoms. The summed E-state index contributed by atoms with van der Waals surface area (Å²) in [6.45, 7) is 0. The van der Waals surface area contributed by atoms with Crippen LogP contribution in [0.3, 0.4) is 0 Å². The summed E-state index contributed by atoms with van der Waals surface area (Å²) in [6, 6.07) is 70.5. The number of aliphatic imine (C=N–C) groups is 2. The van der Waals surface area contributed by atoms with Crippen LogP contribution in [0.1, 0.15) is 22.9 Å². The van der Waals surface area contributed by atoms with Crippen LogP contribution in [-0.2, 0) is 0 Å². The van der Waals surface area contributed by atoms with E-state index in [9.17, 15) is 0 Å². The van der Waals surface area contributed by atoms with Crippen LogP contribution < -0.4 is 5.32 Å². The third-order valence-corrected chi connectivity index (χ3v) is 12.5. The minimum Gasteiger partial charge on any atom is -0.455 e. The molecule has 0 amide bonds. The largest absolute Gasteiger partial charge is 0.455 e. The Morgan fingerprint density at radius 2 is 1.02 bits per heavy atom. The Bertz CT molecular complexity index is 3870. The van der Waals surface area contributed by atoms with Crippen LogP contribution in [0.2, 0.25) is 0 Å². The molecule has 0 fully saturated rings. The molecule has 1 atom stereocenters. The predicted octanol–water partition coefficient (Wildman–Crippen LogP) is 14.8. The molecule has 1 unspecified atom stereocenters. The Morgan fingerprint density at radius 3 is 1.90 bits per heavy atom. The molecule has 2 aromatic heterocycles. The standard InChI is InChI=1S/C57H35N3O2/c1-2-13-37-31-40(27-23-34(37)11-1)56-58-55(59-57(60-56)41-28-26-36-25-24-35-12-3-4-16-42(35)49(36)33-41)39-15-9-14-38(32-39)43-29-30-47(54-52(43)48-18-6-8-22-51(48)62-54)46-20-10-19-45-44-17-5-7-21-50(44)61-53(45)46/h1-33,56H,(H,58,59,60). The summed E-state index contributed by atoms with van der Waals surface area (Å²) in [6.07, 6.45) is -0.362. The van der Waals surface area contributed by atoms with Crippen LogP contribution in [-0.4, -0.2) is 11.7 Å². The fourth-order valence-corrected chi connectivity index (χ4v) is 9.49. The molecule has 62 heavy (non-hydrogen) atoms. The van der Waals surface area contributed by atoms with Crippen LogP contribution in [0.25, 0.3) is 98.4 Å². The number of rotatable bonds is 5. The van der Waals surface area contributed by atoms with Crippen molar-refractivity contribution in [1.29, 1.82) is 0 Å². The summed E-state index contributed by atoms with van der Waals surface area (Å²) < 4.78 is 13.3. The van der Waals surface area contributed by atoms with Crippen molar-refractivity contribution in [3.05, 3.63) is 217 Å². The van der Waals surface area contributed by atoms with Crippen LogP contribution in [0.4, 0.5) is 0 Å². The summed E-state index contributed by atoms with van der Waals surface area (Å²) in [5.41, 5.74) is 10.5. The van der Waals surface area contributed by atoms with Gasteiger partial charge in [0.2, 0.25) is 0 Å². The lowest BCUT2D eigenvalue weighted by molar-refractivity contribution is 0.665. The molecule has 13 rings (SSSR count). The highest BCUT2D eigenvalue weighted by Crippen LogP contribution is 2.45. The fraction of sp³-hybridized carbons (Fsp3) is 0.0175. The molecule has 5 heteroatoms. The Labute approximate surface area is 355 Å². The normalized spacial score (nSPS) is 14.3. The van der Waals surface area contributed by atoms with Gasteiger partial charge in [-0.15, -0.1) is 0 Å². The van der Waals surface area contributed by atoms with Gasteiger partial charge in [0.1, 0.15) is 34.3 Å². The molecule has 3 heterocycles. The highest BCUT2D eigenvalue weighted by Gasteiger charge is 2.24. The second-order valence-electron chi connectivity index (χ2n) is 16.1. The molecule has 1 N–H and O–H groups in total. The average Bonchev–Trinajstić information content (AvgIpc) is 3.93. The van der Waals surface area contributed by atoms with Gasteiger partial charge in [0.05, 0.1) is 0 Å². The number of amidine groups is 2. The van der Waals surface area contributed by atoms with Crippen molar-refractivity contribution < 1.29 is 8.83 Å². The Kier molecular flexibility index (Phi) is 7.60. The molecule has 0 radical (unpaired) electrons. The van der Waals surface area contributed by atoms with Gasteiger partial charge in [-0.05, 0) is 85.4 Å². The SMILES string of the molecule is c1cc(C2=NC(c3ccc4ccc5ccccc5c4c3)=NC(c3ccc4ccccc4c3)N2)cc(-c2ccc(-c3cccc4c3oc3ccccc34)c3oc4ccccc4c23)c1. The highest BCUT2D eigenvalue weighted by molar-refractivity contribution is 6.20. The first-order valence-electron chi connectivity index (χ1n) is 21.0. The van der Waals surface area contributed by atoms with E-state index >= 15 is 0 Å². The second-order valence-corrected chi connectivity index (χ2v) is 16.1. The first-order valence-corrected chi connectivity index (χ1v) is 21.0. The number of nitrogens with one attached hydrogen (secondary N) is 1. The second kappa shape index (κ2) is 13.6. The molecule has 0 saturated heterocycles. The molecule has 12 aromatic rings. The number of hydrogen-bond donors (Lipinski definition) is 1. The highest BCUT2D eigenvalue weighted by atomic mass is 16.3. The average molecular weight is 794 g/mol. The maximum absolute atomic E-state index is 6.79. The first-order chi connectivity index (χ1) is 30.7. The maximum Gasteiger partial charge on any atom is 0.159 e. The molecule has 0 saturated carbocycles. The molecule has 0 aliphatic carbocycles. The minimum atomic E-state index is -0.362. The van der Waals surface area contributed by atoms with Gasteiger partial charge < -0.3 is 14.2 Å². The van der Waals surface area contributed by atoms with E-state index in [-0.39, 0.29) is 6.17 Å². The molecule has 5 nitrogen and oxygen atoms in total. The number of benzene rings is 10. The fourth-order valence-electron chi connectivity index (χ4n) is 9.49. The van der Waals surface area contributed by atoms with Crippen molar-refractivity contribution in [2.24, 2.45) is 9.98 Å². The van der Waals surface area contributed by atoms with E-state index in [0.29, 0.717) is 5.84 Å². The van der Waals surface area contributed by atoms with Crippen molar-refractivity contribution in [3.63, 3.8) is 0 Å². The zero-order chi connectivity index (χ0) is 40.7. The number of fused-ring (bicyclic) bond motifs is 10. The summed E-state index contributed by atoms with van der Waals surface area (Å²) >= 11 is 0. The van der Waals surface area contributed by atoms with Gasteiger partial charge in [0.25, 0.3) is 0 Å². The third-order valence-electron chi connectivity index (χ3n) is 12.5. The van der Waals surface area contributed by atoms with E-state index < -0.39 is 0 Å². The smallest absolute Gasteiger partial charge is 0.159 e. The van der Waals surface area contributed by atoms with Gasteiger partial charge in [-0.3, -0.25) is 0 Å². The molecule has 1 aliphatic heterocycles. The number of nitrogens with zero attached hydrogens (tertiary/aromatic N) is 2. The van der Waals surface area contributed by atoms with Gasteiger partial charge in [-0.2, -0.15) is 0 Å². The zero-order valence-corrected chi connectivity index (χ0v) is 33.3. The summed E-state index contributed by atoms with van der Waals surface area (Å²) in [7, 11) is 0. The Balaban J connectivity index is 0.969. The quantitative estimate of drug-likeness (QED) is 0.177. The lowest BCUT2D eigenvalue weighted by Crippen LogP contribution is -2.33. The number of hydrogen-bond acceptors (Lipinski definition) is 5. The molecule has 0 spiro atoms. The Hall–Kier alpha value is -8.28. The summed E-state index contributed by atoms with van der Waals surface area (Å²) in [5.74, 6) is 1.44. The van der Waals surface area contributed by atoms with Crippen LogP contribution in [0.15, 0.2) is 219 Å². The molecule has 290 valence electrons. The van der Waals surface area contributed by atoms with Crippen molar-refractivity contribution in [3.8, 4) is 22.3 Å². The van der Waals surface area contributed by atoms with Crippen molar-refractivity contribution in [2.75, 3.05) is 0 Å². The monoisotopic (exact) mass is 793 g/mol. The van der Waals surface area contributed by atoms with E-state index in [2.05, 4.69) is 181 Å². The number of para-hydroxylation sites is 3. The third kappa shape index (κ3) is 5.49. The van der Waals surface area contributed by atoms with E-state index in [1.807, 2.05) is 24.3 Å². The lowest BCUT2D eigenvalue weighted by atomic mass is 9.93. The lowest BCUT2D eigenvalue weighted by Gasteiger charge is -2.24. The number of furan rings is 2. The zero-order valence-electron chi connectivity index (χ0n) is 33.3. The minimum absolute atomic E-state index is 0.362. The van der Waals surface area contributed by atoms with Crippen molar-refractivity contribution in [2.45, 2.75) is 6.17 Å². The van der Waals surface area contributed by atoms with Crippen LogP contribution in [0, 0.1) is 0 Å². The van der Waals surface area contributed by atoms with E-state index in [4.69, 9.17) is 18.8 Å². The van der Waals surface area contributed by atoms with Gasteiger partial charge >= 0.3 is 0 Å². The van der Waals surface area contributed by atoms with Crippen LogP contribution >= 0.6 is 0 Å². The first kappa shape index (κ1) is 34.6. The predicted molar refractivity (Wildman–Crippen MR) is 256 cm³/mol. The molecule has 1 aliphatic rings. The van der Waals surface area contributed by atoms with E-state index in [0.717, 1.165) is 88.7 Å². The molecular weight excluding hydrogens is 759 g/mol. The van der Waals surface area contributed by atoms with E-state index in [1.54, 1.807) is 0 Å². The van der Waals surface area contributed by atoms with Crippen LogP contribution in [0.5, 0.6) is 0 Å². The topological polar surface area (TPSA) is 63.0 Å². The molecular formula is C57H35N3O2. The molecule has 10 aromatic carbocycles. The van der Waals surface area contributed by atoms with Gasteiger partial charge in [0, 0.05) is 43.8 Å². The van der Waals surface area contributed by atoms with Crippen molar-refractivity contribution in [1.82, 2.24) is 5.32 Å². The maximum atomic E-state index is 6.79. The van der Waals surface area contributed by atoms with Gasteiger partial charge in [0.15, 0.2) is 5.84 Å². The Morgan fingerprint density at radius 1 is 0.387 bits per heavy atom. The van der Waals surface area contributed by atoms with Gasteiger partial charge in [-0.1, -0.05) is 164 Å². The van der Waals surface area contributed by atoms with Gasteiger partial charge in [-0.25, -0.2) is 9.98 Å². The van der Waals surface area contributed by atoms with Crippen molar-refractivity contribution >= 4 is 87.9 Å². The summed E-state index contributed by atoms with van der Waals surface area (Å²) in [5, 5.41) is 15.2. The summed E-state index contributed by atoms with van der Waals surface area (Å²) in [4.78, 5) is 10.6.